The molecule has 0 bridgehead atoms. The lowest BCUT2D eigenvalue weighted by Gasteiger charge is -2.26. The zero-order valence-electron chi connectivity index (χ0n) is 21.4. The number of nitrogens with two attached hydrogens (primary N) is 1. The van der Waals surface area contributed by atoms with Gasteiger partial charge < -0.3 is 26.2 Å². The highest BCUT2D eigenvalue weighted by Crippen LogP contribution is 2.29. The van der Waals surface area contributed by atoms with Gasteiger partial charge in [-0.1, -0.05) is 29.3 Å². The number of hydrogen-bond acceptors (Lipinski definition) is 4. The minimum atomic E-state index is -0.890. The Kier molecular flexibility index (Phi) is 9.44. The molecule has 3 aromatic carbocycles. The smallest absolute Gasteiger partial charge is 0.314 e. The molecule has 0 atom stereocenters. The Labute approximate surface area is 240 Å². The summed E-state index contributed by atoms with van der Waals surface area (Å²) in [5.74, 6) is -2.92. The predicted octanol–water partition coefficient (Wildman–Crippen LogP) is 5.09. The summed E-state index contributed by atoms with van der Waals surface area (Å²) < 4.78 is 27.5. The molecular formula is C28H27Cl2F2N5O3. The zero-order chi connectivity index (χ0) is 28.8. The van der Waals surface area contributed by atoms with Gasteiger partial charge in [0.15, 0.2) is 0 Å². The SMILES string of the molecule is NC(=O)N1CCCN(c2ccc(C(=O)NCCc3ccc(Cl)cc3Cl)cc2NC(=O)c2cc(F)cc(F)c2)CC1. The molecule has 1 saturated heterocycles. The Balaban J connectivity index is 1.56. The van der Waals surface area contributed by atoms with Gasteiger partial charge in [-0.05, 0) is 60.9 Å². The second-order valence-electron chi connectivity index (χ2n) is 9.25. The summed E-state index contributed by atoms with van der Waals surface area (Å²) in [6.07, 6.45) is 1.10. The van der Waals surface area contributed by atoms with Crippen molar-refractivity contribution in [2.45, 2.75) is 12.8 Å². The second kappa shape index (κ2) is 13.0. The fraction of sp³-hybridized carbons (Fsp3) is 0.250. The van der Waals surface area contributed by atoms with Crippen LogP contribution in [0.5, 0.6) is 0 Å². The molecule has 40 heavy (non-hydrogen) atoms. The molecule has 0 radical (unpaired) electrons. The van der Waals surface area contributed by atoms with Gasteiger partial charge >= 0.3 is 6.03 Å². The van der Waals surface area contributed by atoms with E-state index >= 15 is 0 Å². The van der Waals surface area contributed by atoms with Crippen molar-refractivity contribution in [3.8, 4) is 0 Å². The number of rotatable bonds is 7. The van der Waals surface area contributed by atoms with Crippen molar-refractivity contribution in [2.75, 3.05) is 42.9 Å². The van der Waals surface area contributed by atoms with Crippen LogP contribution < -0.4 is 21.3 Å². The highest BCUT2D eigenvalue weighted by atomic mass is 35.5. The van der Waals surface area contributed by atoms with E-state index in [0.717, 1.165) is 17.7 Å². The van der Waals surface area contributed by atoms with Gasteiger partial charge in [0.2, 0.25) is 0 Å². The Hall–Kier alpha value is -3.89. The number of nitrogens with zero attached hydrogens (tertiary/aromatic N) is 2. The number of urea groups is 1. The maximum Gasteiger partial charge on any atom is 0.314 e. The number of amides is 4. The first kappa shape index (κ1) is 29.1. The van der Waals surface area contributed by atoms with Gasteiger partial charge in [0.25, 0.3) is 11.8 Å². The summed E-state index contributed by atoms with van der Waals surface area (Å²) in [6, 6.07) is 11.9. The van der Waals surface area contributed by atoms with E-state index in [1.165, 1.54) is 11.0 Å². The maximum atomic E-state index is 13.8. The van der Waals surface area contributed by atoms with Gasteiger partial charge in [0, 0.05) is 60.0 Å². The molecular weight excluding hydrogens is 563 g/mol. The van der Waals surface area contributed by atoms with Crippen molar-refractivity contribution in [3.05, 3.63) is 93.0 Å². The first-order valence-corrected chi connectivity index (χ1v) is 13.3. The van der Waals surface area contributed by atoms with Gasteiger partial charge in [-0.3, -0.25) is 9.59 Å². The fourth-order valence-electron chi connectivity index (χ4n) is 4.45. The molecule has 0 aromatic heterocycles. The Morgan fingerprint density at radius 3 is 2.30 bits per heavy atom. The van der Waals surface area contributed by atoms with Gasteiger partial charge in [0.1, 0.15) is 11.6 Å². The lowest BCUT2D eigenvalue weighted by molar-refractivity contribution is 0.0952. The largest absolute Gasteiger partial charge is 0.368 e. The van der Waals surface area contributed by atoms with Crippen LogP contribution in [0.25, 0.3) is 0 Å². The van der Waals surface area contributed by atoms with Crippen molar-refractivity contribution < 1.29 is 23.2 Å². The van der Waals surface area contributed by atoms with E-state index in [-0.39, 0.29) is 22.7 Å². The first-order chi connectivity index (χ1) is 19.1. The average molecular weight is 590 g/mol. The number of halogens is 4. The molecule has 4 amide bonds. The Morgan fingerprint density at radius 1 is 0.850 bits per heavy atom. The summed E-state index contributed by atoms with van der Waals surface area (Å²) >= 11 is 12.2. The minimum Gasteiger partial charge on any atom is -0.368 e. The van der Waals surface area contributed by atoms with E-state index in [1.54, 1.807) is 30.3 Å². The van der Waals surface area contributed by atoms with Crippen LogP contribution in [0, 0.1) is 11.6 Å². The van der Waals surface area contributed by atoms with E-state index in [1.807, 2.05) is 4.90 Å². The molecule has 1 fully saturated rings. The highest BCUT2D eigenvalue weighted by Gasteiger charge is 2.22. The highest BCUT2D eigenvalue weighted by molar-refractivity contribution is 6.35. The fourth-order valence-corrected chi connectivity index (χ4v) is 4.95. The van der Waals surface area contributed by atoms with Crippen LogP contribution in [0.1, 0.15) is 32.7 Å². The van der Waals surface area contributed by atoms with Gasteiger partial charge in [-0.2, -0.15) is 0 Å². The molecule has 1 aliphatic rings. The Morgan fingerprint density at radius 2 is 1.60 bits per heavy atom. The van der Waals surface area contributed by atoms with Crippen molar-refractivity contribution >= 4 is 52.4 Å². The lowest BCUT2D eigenvalue weighted by Crippen LogP contribution is -2.38. The first-order valence-electron chi connectivity index (χ1n) is 12.5. The Bertz CT molecular complexity index is 1420. The number of nitrogens with one attached hydrogen (secondary N) is 2. The third-order valence-electron chi connectivity index (χ3n) is 6.47. The van der Waals surface area contributed by atoms with E-state index in [0.29, 0.717) is 67.4 Å². The molecule has 0 saturated carbocycles. The minimum absolute atomic E-state index is 0.214. The normalized spacial score (nSPS) is 13.5. The maximum absolute atomic E-state index is 13.8. The van der Waals surface area contributed by atoms with Gasteiger partial charge in [-0.25, -0.2) is 13.6 Å². The summed E-state index contributed by atoms with van der Waals surface area (Å²) in [6.45, 7) is 2.12. The monoisotopic (exact) mass is 589 g/mol. The zero-order valence-corrected chi connectivity index (χ0v) is 22.9. The van der Waals surface area contributed by atoms with Crippen LogP contribution in [0.2, 0.25) is 10.0 Å². The van der Waals surface area contributed by atoms with Crippen LogP contribution in [0.4, 0.5) is 25.0 Å². The van der Waals surface area contributed by atoms with Crippen molar-refractivity contribution in [2.24, 2.45) is 5.73 Å². The van der Waals surface area contributed by atoms with Crippen LogP contribution in [0.3, 0.4) is 0 Å². The molecule has 8 nitrogen and oxygen atoms in total. The molecule has 1 heterocycles. The number of carbonyl (C=O) groups is 3. The third kappa shape index (κ3) is 7.40. The number of primary amides is 1. The molecule has 12 heteroatoms. The molecule has 4 N–H and O–H groups in total. The molecule has 210 valence electrons. The summed E-state index contributed by atoms with van der Waals surface area (Å²) in [7, 11) is 0. The summed E-state index contributed by atoms with van der Waals surface area (Å²) in [5, 5.41) is 6.53. The summed E-state index contributed by atoms with van der Waals surface area (Å²) in [4.78, 5) is 41.1. The van der Waals surface area contributed by atoms with Crippen LogP contribution in [-0.4, -0.2) is 55.5 Å². The van der Waals surface area contributed by atoms with Crippen LogP contribution in [0.15, 0.2) is 54.6 Å². The number of carbonyl (C=O) groups excluding carboxylic acids is 3. The predicted molar refractivity (Wildman–Crippen MR) is 151 cm³/mol. The number of hydrogen-bond donors (Lipinski definition) is 3. The topological polar surface area (TPSA) is 108 Å². The molecule has 4 rings (SSSR count). The van der Waals surface area contributed by atoms with Gasteiger partial charge in [-0.15, -0.1) is 0 Å². The van der Waals surface area contributed by atoms with Crippen molar-refractivity contribution in [3.63, 3.8) is 0 Å². The lowest BCUT2D eigenvalue weighted by atomic mass is 10.1. The average Bonchev–Trinajstić information content (AvgIpc) is 3.16. The number of anilines is 2. The summed E-state index contributed by atoms with van der Waals surface area (Å²) in [5.41, 5.74) is 7.17. The second-order valence-corrected chi connectivity index (χ2v) is 10.1. The van der Waals surface area contributed by atoms with Crippen molar-refractivity contribution in [1.29, 1.82) is 0 Å². The quantitative estimate of drug-likeness (QED) is 0.357. The molecule has 1 aliphatic heterocycles. The van der Waals surface area contributed by atoms with Crippen LogP contribution >= 0.6 is 23.2 Å². The van der Waals surface area contributed by atoms with E-state index < -0.39 is 23.6 Å². The number of benzene rings is 3. The molecule has 0 aliphatic carbocycles. The van der Waals surface area contributed by atoms with Crippen LogP contribution in [-0.2, 0) is 6.42 Å². The van der Waals surface area contributed by atoms with E-state index in [2.05, 4.69) is 10.6 Å². The third-order valence-corrected chi connectivity index (χ3v) is 7.06. The molecule has 0 unspecified atom stereocenters. The molecule has 0 spiro atoms. The molecule has 3 aromatic rings. The van der Waals surface area contributed by atoms with Crippen molar-refractivity contribution in [1.82, 2.24) is 10.2 Å². The van der Waals surface area contributed by atoms with E-state index in [9.17, 15) is 23.2 Å². The van der Waals surface area contributed by atoms with Gasteiger partial charge in [0.05, 0.1) is 11.4 Å². The standard InChI is InChI=1S/C28H27Cl2F2N5O3/c29-20-4-2-17(23(30)15-20)6-7-34-26(38)18-3-5-25(36-8-1-9-37(11-10-36)28(33)40)24(14-18)35-27(39)19-12-21(31)16-22(32)13-19/h2-5,12-16H,1,6-11H2,(H2,33,40)(H,34,38)(H,35,39). The van der Waals surface area contributed by atoms with E-state index in [4.69, 9.17) is 28.9 Å².